The number of rotatable bonds is 72. The molecule has 6 atom stereocenters. The Labute approximate surface area is 595 Å². The zero-order valence-electron chi connectivity index (χ0n) is 63.8. The molecule has 2 aliphatic rings. The van der Waals surface area contributed by atoms with Gasteiger partial charge >= 0.3 is 6.16 Å². The largest absolute Gasteiger partial charge is 0.508 e. The maximum absolute atomic E-state index is 13.8. The van der Waals surface area contributed by atoms with Gasteiger partial charge in [0.2, 0.25) is 0 Å². The van der Waals surface area contributed by atoms with Gasteiger partial charge in [0.15, 0.2) is 12.6 Å². The third-order valence-corrected chi connectivity index (χ3v) is 19.3. The van der Waals surface area contributed by atoms with Gasteiger partial charge in [-0.2, -0.15) is 0 Å². The van der Waals surface area contributed by atoms with Crippen molar-refractivity contribution in [1.29, 1.82) is 0 Å². The Bertz CT molecular complexity index is 1640. The van der Waals surface area contributed by atoms with Crippen LogP contribution in [0.1, 0.15) is 400 Å². The third-order valence-electron chi connectivity index (χ3n) is 19.3. The lowest BCUT2D eigenvalue weighted by molar-refractivity contribution is -0.189. The second-order valence-corrected chi connectivity index (χ2v) is 28.7. The van der Waals surface area contributed by atoms with E-state index in [0.29, 0.717) is 26.4 Å². The van der Waals surface area contributed by atoms with E-state index in [4.69, 9.17) is 37.9 Å². The van der Waals surface area contributed by atoms with E-state index in [9.17, 15) is 4.79 Å². The molecule has 2 fully saturated rings. The van der Waals surface area contributed by atoms with E-state index in [2.05, 4.69) is 101 Å². The predicted molar refractivity (Wildman–Crippen MR) is 411 cm³/mol. The molecule has 0 bridgehead atoms. The molecule has 96 heavy (non-hydrogen) atoms. The van der Waals surface area contributed by atoms with E-state index in [1.807, 2.05) is 0 Å². The first-order valence-electron chi connectivity index (χ1n) is 42.0. The molecule has 0 spiro atoms. The molecule has 0 radical (unpaired) electrons. The van der Waals surface area contributed by atoms with Crippen LogP contribution in [-0.4, -0.2) is 82.8 Å². The Hall–Kier alpha value is -2.53. The minimum atomic E-state index is -0.561. The molecule has 560 valence electrons. The van der Waals surface area contributed by atoms with Crippen LogP contribution in [0, 0.1) is 0 Å². The van der Waals surface area contributed by atoms with Crippen molar-refractivity contribution in [2.75, 3.05) is 39.6 Å². The van der Waals surface area contributed by atoms with Crippen LogP contribution in [0.3, 0.4) is 0 Å². The Kier molecular flexibility index (Phi) is 68.7. The summed E-state index contributed by atoms with van der Waals surface area (Å²) in [5, 5.41) is 0. The van der Waals surface area contributed by atoms with Crippen LogP contribution in [0.4, 0.5) is 4.79 Å². The van der Waals surface area contributed by atoms with Crippen molar-refractivity contribution < 1.29 is 42.7 Å². The number of carbonyl (C=O) groups excluding carboxylic acids is 1. The lowest BCUT2D eigenvalue weighted by Crippen LogP contribution is -2.29. The molecule has 0 aromatic heterocycles. The summed E-state index contributed by atoms with van der Waals surface area (Å²) in [4.78, 5) is 13.8. The van der Waals surface area contributed by atoms with Crippen molar-refractivity contribution in [3.63, 3.8) is 0 Å². The van der Waals surface area contributed by atoms with Gasteiger partial charge in [-0.25, -0.2) is 4.79 Å². The van der Waals surface area contributed by atoms with Crippen molar-refractivity contribution in [3.05, 3.63) is 72.9 Å². The molecule has 0 aromatic rings. The van der Waals surface area contributed by atoms with Crippen molar-refractivity contribution in [2.24, 2.45) is 0 Å². The molecule has 4 unspecified atom stereocenters. The molecule has 0 amide bonds. The van der Waals surface area contributed by atoms with E-state index >= 15 is 0 Å². The van der Waals surface area contributed by atoms with Crippen LogP contribution in [0.5, 0.6) is 0 Å². The fourth-order valence-corrected chi connectivity index (χ4v) is 13.0. The summed E-state index contributed by atoms with van der Waals surface area (Å²) in [7, 11) is 0. The van der Waals surface area contributed by atoms with Crippen LogP contribution >= 0.6 is 0 Å². The average Bonchev–Trinajstić information content (AvgIpc) is 2.46. The Balaban J connectivity index is 1.89. The minimum absolute atomic E-state index is 0.0157. The fourth-order valence-electron chi connectivity index (χ4n) is 13.0. The highest BCUT2D eigenvalue weighted by atomic mass is 16.7. The predicted octanol–water partition coefficient (Wildman–Crippen LogP) is 27.4. The summed E-state index contributed by atoms with van der Waals surface area (Å²) in [6.07, 6.45) is 96.0. The van der Waals surface area contributed by atoms with Crippen molar-refractivity contribution in [2.45, 2.75) is 437 Å². The van der Waals surface area contributed by atoms with Crippen LogP contribution in [0.25, 0.3) is 0 Å². The van der Waals surface area contributed by atoms with Crippen molar-refractivity contribution >= 4 is 6.16 Å². The lowest BCUT2D eigenvalue weighted by atomic mass is 10.0. The molecule has 2 rings (SSSR count). The molecule has 9 nitrogen and oxygen atoms in total. The molecule has 0 saturated carbocycles. The Morgan fingerprint density at radius 1 is 0.323 bits per heavy atom. The summed E-state index contributed by atoms with van der Waals surface area (Å²) in [6.45, 7) is 13.0. The van der Waals surface area contributed by atoms with Crippen LogP contribution < -0.4 is 0 Å². The van der Waals surface area contributed by atoms with Gasteiger partial charge in [-0.15, -0.1) is 0 Å². The van der Waals surface area contributed by atoms with Gasteiger partial charge < -0.3 is 37.9 Å². The smallest absolute Gasteiger partial charge is 0.429 e. The van der Waals surface area contributed by atoms with Gasteiger partial charge in [0.25, 0.3) is 0 Å². The highest BCUT2D eigenvalue weighted by Gasteiger charge is 2.23. The molecule has 9 heteroatoms. The molecular formula is C87H158O9. The third kappa shape index (κ3) is 62.5. The highest BCUT2D eigenvalue weighted by molar-refractivity contribution is 5.60. The van der Waals surface area contributed by atoms with E-state index in [1.54, 1.807) is 0 Å². The lowest BCUT2D eigenvalue weighted by Gasteiger charge is -2.27. The van der Waals surface area contributed by atoms with Crippen molar-refractivity contribution in [3.8, 4) is 0 Å². The van der Waals surface area contributed by atoms with E-state index in [1.165, 1.54) is 244 Å². The maximum Gasteiger partial charge on any atom is 0.508 e. The van der Waals surface area contributed by atoms with Crippen LogP contribution in [0.15, 0.2) is 72.9 Å². The number of hydrogen-bond acceptors (Lipinski definition) is 9. The summed E-state index contributed by atoms with van der Waals surface area (Å²) in [5.74, 6) is 0. The molecule has 0 aromatic carbocycles. The second kappa shape index (κ2) is 73.7. The van der Waals surface area contributed by atoms with Gasteiger partial charge in [0.1, 0.15) is 12.2 Å². The van der Waals surface area contributed by atoms with Gasteiger partial charge in [-0.3, -0.25) is 0 Å². The average molecular weight is 1350 g/mol. The first-order chi connectivity index (χ1) is 47.6. The summed E-state index contributed by atoms with van der Waals surface area (Å²) in [5.41, 5.74) is 0. The topological polar surface area (TPSA) is 90.9 Å². The van der Waals surface area contributed by atoms with E-state index < -0.39 is 6.16 Å². The molecule has 2 aliphatic heterocycles. The number of hydrogen-bond donors (Lipinski definition) is 0. The fraction of sp³-hybridized carbons (Fsp3) is 0.851. The summed E-state index contributed by atoms with van der Waals surface area (Å²) >= 11 is 0. The van der Waals surface area contributed by atoms with Gasteiger partial charge in [-0.1, -0.05) is 280 Å². The maximum atomic E-state index is 13.8. The number of ether oxygens (including phenoxy) is 8. The first kappa shape index (κ1) is 89.6. The molecule has 2 saturated heterocycles. The summed E-state index contributed by atoms with van der Waals surface area (Å²) < 4.78 is 49.8. The Morgan fingerprint density at radius 3 is 0.938 bits per heavy atom. The SMILES string of the molecule is CCCCC/C=C\C/C=C\CCCCCCCCOCC(CCCCCCCC/C=C\C[C@@H](CCCCCC)OC1CCCCO1)OC(=O)OC(CCCCCCCC/C=C\C[C@@H](CCCCCC)OC1CCCCO1)COCCCCCCCC/C=C\C/C=C\CCCCC. The van der Waals surface area contributed by atoms with Crippen molar-refractivity contribution in [1.82, 2.24) is 0 Å². The highest BCUT2D eigenvalue weighted by Crippen LogP contribution is 2.24. The monoisotopic (exact) mass is 1350 g/mol. The Morgan fingerprint density at radius 2 is 0.604 bits per heavy atom. The molecular weight excluding hydrogens is 1190 g/mol. The molecule has 2 heterocycles. The number of allylic oxidation sites excluding steroid dienone is 10. The zero-order valence-corrected chi connectivity index (χ0v) is 63.8. The van der Waals surface area contributed by atoms with E-state index in [-0.39, 0.29) is 37.0 Å². The normalized spacial score (nSPS) is 17.0. The molecule has 0 N–H and O–H groups in total. The summed E-state index contributed by atoms with van der Waals surface area (Å²) in [6, 6.07) is 0. The van der Waals surface area contributed by atoms with Crippen LogP contribution in [0.2, 0.25) is 0 Å². The minimum Gasteiger partial charge on any atom is -0.429 e. The zero-order chi connectivity index (χ0) is 68.4. The van der Waals surface area contributed by atoms with Gasteiger partial charge in [-0.05, 0) is 193 Å². The standard InChI is InChI=1S/C87H158O9/c1-5-9-13-17-19-21-23-25-27-29-31-33-41-47-53-63-75-89-79-83(71-59-51-45-39-35-37-43-49-57-69-81(67-55-15-11-7-3)93-85-73-61-65-77-91-85)95-87(88)96-84(80-90-76-64-54-48-42-34-32-30-28-26-24-22-20-18-14-10-6-2)72-60-52-46-40-36-38-44-50-58-70-82(68-56-16-12-8-4)94-86-74-62-66-78-92-86/h19-22,25-28,49-50,57-58,81-86H,5-18,23-24,29-48,51-56,59-80H2,1-4H3/b21-19-,22-20-,27-25-,28-26-,57-49-,58-50-/t81-,82-,83?,84?,85?,86?/m1/s1. The quantitative estimate of drug-likeness (QED) is 0.0335. The number of unbranched alkanes of at least 4 members (excludes halogenated alkanes) is 36. The second-order valence-electron chi connectivity index (χ2n) is 28.7. The van der Waals surface area contributed by atoms with E-state index in [0.717, 1.165) is 142 Å². The van der Waals surface area contributed by atoms with Crippen LogP contribution in [-0.2, 0) is 37.9 Å². The number of carbonyl (C=O) groups is 1. The first-order valence-corrected chi connectivity index (χ1v) is 42.0. The van der Waals surface area contributed by atoms with Gasteiger partial charge in [0, 0.05) is 26.4 Å². The van der Waals surface area contributed by atoms with Gasteiger partial charge in [0.05, 0.1) is 25.4 Å². The molecule has 0 aliphatic carbocycles.